The zero-order chi connectivity index (χ0) is 17.5. The molecular weight excluding hydrogens is 294 g/mol. The smallest absolute Gasteiger partial charge is 0.337 e. The largest absolute Gasteiger partial charge is 0.478 e. The van der Waals surface area contributed by atoms with E-state index in [1.165, 1.54) is 0 Å². The molecule has 0 saturated heterocycles. The van der Waals surface area contributed by atoms with Gasteiger partial charge >= 0.3 is 5.97 Å². The van der Waals surface area contributed by atoms with Crippen molar-refractivity contribution in [3.63, 3.8) is 0 Å². The molecule has 0 spiro atoms. The Hall–Kier alpha value is -1.85. The number of fused-ring (bicyclic) bond motifs is 1. The Morgan fingerprint density at radius 1 is 1.30 bits per heavy atom. The van der Waals surface area contributed by atoms with Gasteiger partial charge in [0.05, 0.1) is 23.8 Å². The lowest BCUT2D eigenvalue weighted by Crippen LogP contribution is -2.14. The van der Waals surface area contributed by atoms with Gasteiger partial charge in [0.1, 0.15) is 0 Å². The summed E-state index contributed by atoms with van der Waals surface area (Å²) in [5, 5.41) is 29.9. The van der Waals surface area contributed by atoms with Crippen LogP contribution in [0.15, 0.2) is 12.1 Å². The Balaban J connectivity index is 3.00. The van der Waals surface area contributed by atoms with E-state index in [0.29, 0.717) is 12.1 Å². The van der Waals surface area contributed by atoms with E-state index < -0.39 is 12.1 Å². The van der Waals surface area contributed by atoms with Crippen molar-refractivity contribution in [3.05, 3.63) is 34.5 Å². The highest BCUT2D eigenvalue weighted by molar-refractivity contribution is 6.04. The Kier molecular flexibility index (Phi) is 4.55. The van der Waals surface area contributed by atoms with Gasteiger partial charge < -0.3 is 19.9 Å². The molecule has 1 heterocycles. The first-order chi connectivity index (χ1) is 10.6. The number of carboxylic acid groups (broad SMARTS) is 1. The predicted octanol–water partition coefficient (Wildman–Crippen LogP) is 2.99. The lowest BCUT2D eigenvalue weighted by atomic mass is 9.84. The Morgan fingerprint density at radius 3 is 2.35 bits per heavy atom. The minimum Gasteiger partial charge on any atom is -0.478 e. The van der Waals surface area contributed by atoms with Crippen molar-refractivity contribution in [2.75, 3.05) is 6.61 Å². The molecule has 0 fully saturated rings. The Morgan fingerprint density at radius 2 is 1.91 bits per heavy atom. The highest BCUT2D eigenvalue weighted by Gasteiger charge is 2.25. The van der Waals surface area contributed by atoms with Crippen LogP contribution in [-0.2, 0) is 12.0 Å². The van der Waals surface area contributed by atoms with E-state index in [-0.39, 0.29) is 17.6 Å². The molecular formula is C18H25NO4. The molecule has 1 atom stereocenters. The Labute approximate surface area is 136 Å². The van der Waals surface area contributed by atoms with Crippen LogP contribution in [0.5, 0.6) is 0 Å². The van der Waals surface area contributed by atoms with Gasteiger partial charge in [0, 0.05) is 23.2 Å². The summed E-state index contributed by atoms with van der Waals surface area (Å²) >= 11 is 0. The first-order valence-corrected chi connectivity index (χ1v) is 7.79. The van der Waals surface area contributed by atoms with Crippen molar-refractivity contribution < 1.29 is 20.1 Å². The van der Waals surface area contributed by atoms with Gasteiger partial charge in [-0.25, -0.2) is 4.79 Å². The van der Waals surface area contributed by atoms with Crippen LogP contribution in [0.25, 0.3) is 10.9 Å². The molecule has 126 valence electrons. The summed E-state index contributed by atoms with van der Waals surface area (Å²) in [6.07, 6.45) is -0.714. The van der Waals surface area contributed by atoms with Crippen LogP contribution in [0, 0.1) is 6.92 Å². The van der Waals surface area contributed by atoms with Gasteiger partial charge in [0.15, 0.2) is 0 Å². The molecule has 23 heavy (non-hydrogen) atoms. The van der Waals surface area contributed by atoms with Gasteiger partial charge in [-0.15, -0.1) is 0 Å². The topological polar surface area (TPSA) is 82.7 Å². The summed E-state index contributed by atoms with van der Waals surface area (Å²) in [6, 6.07) is 3.66. The second kappa shape index (κ2) is 5.98. The first-order valence-electron chi connectivity index (χ1n) is 7.79. The zero-order valence-corrected chi connectivity index (χ0v) is 14.3. The number of hydrogen-bond acceptors (Lipinski definition) is 3. The quantitative estimate of drug-likeness (QED) is 0.809. The molecule has 0 radical (unpaired) electrons. The third kappa shape index (κ3) is 2.99. The van der Waals surface area contributed by atoms with Crippen molar-refractivity contribution in [1.29, 1.82) is 0 Å². The summed E-state index contributed by atoms with van der Waals surface area (Å²) in [7, 11) is 0. The van der Waals surface area contributed by atoms with E-state index in [2.05, 4.69) is 0 Å². The van der Waals surface area contributed by atoms with Crippen LogP contribution < -0.4 is 0 Å². The van der Waals surface area contributed by atoms with Crippen molar-refractivity contribution in [3.8, 4) is 0 Å². The lowest BCUT2D eigenvalue weighted by Gasteiger charge is -2.20. The van der Waals surface area contributed by atoms with Crippen molar-refractivity contribution in [2.45, 2.75) is 52.7 Å². The van der Waals surface area contributed by atoms with Crippen molar-refractivity contribution in [2.24, 2.45) is 0 Å². The van der Waals surface area contributed by atoms with E-state index >= 15 is 0 Å². The fraction of sp³-hybridized carbons (Fsp3) is 0.500. The third-order valence-corrected chi connectivity index (χ3v) is 4.30. The molecule has 2 rings (SSSR count). The van der Waals surface area contributed by atoms with Crippen LogP contribution in [0.4, 0.5) is 0 Å². The zero-order valence-electron chi connectivity index (χ0n) is 14.3. The molecule has 1 aromatic heterocycles. The molecule has 1 aromatic carbocycles. The van der Waals surface area contributed by atoms with Gasteiger partial charge in [-0.2, -0.15) is 0 Å². The van der Waals surface area contributed by atoms with Gasteiger partial charge in [-0.3, -0.25) is 0 Å². The number of aromatic nitrogens is 1. The SMILES string of the molecule is Cc1c(C(C)O)c2cc(C(C)(C)C)cc(C(=O)O)c2n1CCO. The minimum atomic E-state index is -1.00. The second-order valence-electron chi connectivity index (χ2n) is 7.03. The lowest BCUT2D eigenvalue weighted by molar-refractivity contribution is 0.0698. The van der Waals surface area contributed by atoms with Crippen LogP contribution in [-0.4, -0.2) is 32.5 Å². The standard InChI is InChI=1S/C18H25NO4/c1-10-15(11(2)21)13-8-12(18(3,4)5)9-14(17(22)23)16(13)19(10)6-7-20/h8-9,11,20-21H,6-7H2,1-5H3,(H,22,23). The number of hydrogen-bond donors (Lipinski definition) is 3. The molecule has 0 aliphatic carbocycles. The number of aliphatic hydroxyl groups is 2. The highest BCUT2D eigenvalue weighted by atomic mass is 16.4. The fourth-order valence-corrected chi connectivity index (χ4v) is 3.14. The van der Waals surface area contributed by atoms with Gasteiger partial charge in [0.2, 0.25) is 0 Å². The summed E-state index contributed by atoms with van der Waals surface area (Å²) in [4.78, 5) is 11.8. The molecule has 5 heteroatoms. The molecule has 0 aliphatic rings. The highest BCUT2D eigenvalue weighted by Crippen LogP contribution is 2.36. The van der Waals surface area contributed by atoms with E-state index in [4.69, 9.17) is 0 Å². The molecule has 1 unspecified atom stereocenters. The number of nitrogens with zero attached hydrogens (tertiary/aromatic N) is 1. The van der Waals surface area contributed by atoms with Gasteiger partial charge in [-0.05, 0) is 37.0 Å². The molecule has 0 bridgehead atoms. The van der Waals surface area contributed by atoms with E-state index in [9.17, 15) is 20.1 Å². The van der Waals surface area contributed by atoms with Gasteiger partial charge in [-0.1, -0.05) is 20.8 Å². The third-order valence-electron chi connectivity index (χ3n) is 4.30. The first kappa shape index (κ1) is 17.5. The number of carboxylic acids is 1. The van der Waals surface area contributed by atoms with Crippen LogP contribution in [0.2, 0.25) is 0 Å². The van der Waals surface area contributed by atoms with E-state index in [1.807, 2.05) is 33.8 Å². The number of aliphatic hydroxyl groups excluding tert-OH is 2. The summed E-state index contributed by atoms with van der Waals surface area (Å²) in [6.45, 7) is 9.81. The molecule has 2 aromatic rings. The average Bonchev–Trinajstić information content (AvgIpc) is 2.69. The summed E-state index contributed by atoms with van der Waals surface area (Å²) in [5.74, 6) is -1.00. The number of aromatic carboxylic acids is 1. The van der Waals surface area contributed by atoms with Crippen LogP contribution >= 0.6 is 0 Å². The maximum absolute atomic E-state index is 11.8. The normalized spacial score (nSPS) is 13.5. The number of benzene rings is 1. The number of carbonyl (C=O) groups is 1. The maximum atomic E-state index is 11.8. The van der Waals surface area contributed by atoms with E-state index in [0.717, 1.165) is 22.2 Å². The monoisotopic (exact) mass is 319 g/mol. The Bertz CT molecular complexity index is 751. The van der Waals surface area contributed by atoms with Crippen molar-refractivity contribution >= 4 is 16.9 Å². The minimum absolute atomic E-state index is 0.0933. The average molecular weight is 319 g/mol. The summed E-state index contributed by atoms with van der Waals surface area (Å²) < 4.78 is 1.78. The summed E-state index contributed by atoms with van der Waals surface area (Å²) in [5.41, 5.74) is 2.98. The molecule has 5 nitrogen and oxygen atoms in total. The van der Waals surface area contributed by atoms with E-state index in [1.54, 1.807) is 17.6 Å². The van der Waals surface area contributed by atoms with Gasteiger partial charge in [0.25, 0.3) is 0 Å². The molecule has 3 N–H and O–H groups in total. The molecule has 0 aliphatic heterocycles. The molecule has 0 amide bonds. The number of rotatable bonds is 4. The predicted molar refractivity (Wildman–Crippen MR) is 90.1 cm³/mol. The molecule has 0 saturated carbocycles. The van der Waals surface area contributed by atoms with Crippen molar-refractivity contribution in [1.82, 2.24) is 4.57 Å². The fourth-order valence-electron chi connectivity index (χ4n) is 3.14. The second-order valence-corrected chi connectivity index (χ2v) is 7.03. The van der Waals surface area contributed by atoms with Crippen LogP contribution in [0.3, 0.4) is 0 Å². The maximum Gasteiger partial charge on any atom is 0.337 e. The van der Waals surface area contributed by atoms with Crippen LogP contribution in [0.1, 0.15) is 61.0 Å².